The first-order valence-electron chi connectivity index (χ1n) is 7.89. The molecule has 0 aliphatic carbocycles. The number of thioether (sulfide) groups is 1. The second-order valence-electron chi connectivity index (χ2n) is 6.53. The van der Waals surface area contributed by atoms with Crippen molar-refractivity contribution in [2.75, 3.05) is 5.75 Å². The minimum Gasteiger partial charge on any atom is -0.361 e. The van der Waals surface area contributed by atoms with Crippen molar-refractivity contribution in [3.05, 3.63) is 52.9 Å². The zero-order valence-electron chi connectivity index (χ0n) is 14.4. The summed E-state index contributed by atoms with van der Waals surface area (Å²) < 4.78 is 5.16. The lowest BCUT2D eigenvalue weighted by Crippen LogP contribution is -2.46. The van der Waals surface area contributed by atoms with Crippen molar-refractivity contribution in [1.29, 1.82) is 0 Å². The number of carbonyl (C=O) groups is 1. The van der Waals surface area contributed by atoms with Crippen LogP contribution in [0.3, 0.4) is 0 Å². The quantitative estimate of drug-likeness (QED) is 0.850. The van der Waals surface area contributed by atoms with Gasteiger partial charge in [-0.2, -0.15) is 0 Å². The maximum atomic E-state index is 13.1. The molecule has 2 aromatic rings. The fourth-order valence-corrected chi connectivity index (χ4v) is 3.98. The van der Waals surface area contributed by atoms with E-state index in [4.69, 9.17) is 9.52 Å². The zero-order valence-corrected chi connectivity index (χ0v) is 15.2. The SMILES string of the molecule is Cc1noc(C)c1C(=O)N1C(=NCc2ccccc2)SCC1(C)C. The Balaban J connectivity index is 1.91. The van der Waals surface area contributed by atoms with Gasteiger partial charge in [-0.05, 0) is 33.3 Å². The van der Waals surface area contributed by atoms with Crippen molar-refractivity contribution in [2.45, 2.75) is 39.8 Å². The highest BCUT2D eigenvalue weighted by molar-refractivity contribution is 8.14. The van der Waals surface area contributed by atoms with E-state index in [1.165, 1.54) is 0 Å². The molecule has 6 heteroatoms. The van der Waals surface area contributed by atoms with Gasteiger partial charge in [-0.25, -0.2) is 0 Å². The van der Waals surface area contributed by atoms with Gasteiger partial charge in [0.1, 0.15) is 11.3 Å². The van der Waals surface area contributed by atoms with Crippen LogP contribution in [0.25, 0.3) is 0 Å². The molecule has 2 heterocycles. The molecule has 1 saturated heterocycles. The maximum absolute atomic E-state index is 13.1. The normalized spacial score (nSPS) is 18.3. The molecule has 24 heavy (non-hydrogen) atoms. The summed E-state index contributed by atoms with van der Waals surface area (Å²) >= 11 is 1.62. The largest absolute Gasteiger partial charge is 0.361 e. The van der Waals surface area contributed by atoms with Gasteiger partial charge in [-0.1, -0.05) is 47.3 Å². The molecule has 126 valence electrons. The number of amidine groups is 1. The number of rotatable bonds is 3. The highest BCUT2D eigenvalue weighted by Crippen LogP contribution is 2.35. The Bertz CT molecular complexity index is 761. The molecular formula is C18H21N3O2S. The fraction of sp³-hybridized carbons (Fsp3) is 0.389. The number of hydrogen-bond donors (Lipinski definition) is 0. The minimum absolute atomic E-state index is 0.0898. The number of amides is 1. The van der Waals surface area contributed by atoms with Crippen LogP contribution in [0.1, 0.15) is 41.2 Å². The van der Waals surface area contributed by atoms with E-state index < -0.39 is 0 Å². The van der Waals surface area contributed by atoms with Crippen molar-refractivity contribution in [3.63, 3.8) is 0 Å². The van der Waals surface area contributed by atoms with Gasteiger partial charge in [0.15, 0.2) is 5.17 Å². The van der Waals surface area contributed by atoms with Crippen molar-refractivity contribution in [2.24, 2.45) is 4.99 Å². The van der Waals surface area contributed by atoms with E-state index in [1.54, 1.807) is 30.5 Å². The number of nitrogens with zero attached hydrogens (tertiary/aromatic N) is 3. The Morgan fingerprint density at radius 2 is 2.04 bits per heavy atom. The molecule has 5 nitrogen and oxygen atoms in total. The molecule has 3 rings (SSSR count). The van der Waals surface area contributed by atoms with Crippen LogP contribution in [0.4, 0.5) is 0 Å². The van der Waals surface area contributed by atoms with Crippen LogP contribution in [-0.4, -0.2) is 32.4 Å². The van der Waals surface area contributed by atoms with Gasteiger partial charge in [-0.3, -0.25) is 14.7 Å². The maximum Gasteiger partial charge on any atom is 0.265 e. The van der Waals surface area contributed by atoms with Crippen LogP contribution >= 0.6 is 11.8 Å². The first-order chi connectivity index (χ1) is 11.4. The molecule has 0 bridgehead atoms. The van der Waals surface area contributed by atoms with E-state index in [1.807, 2.05) is 30.3 Å². The molecule has 0 spiro atoms. The standard InChI is InChI=1S/C18H21N3O2S/c1-12-15(13(2)23-20-12)16(22)21-17(24-11-18(21,3)4)19-10-14-8-6-5-7-9-14/h5-9H,10-11H2,1-4H3. The summed E-state index contributed by atoms with van der Waals surface area (Å²) in [7, 11) is 0. The molecule has 1 amide bonds. The predicted molar refractivity (Wildman–Crippen MR) is 96.3 cm³/mol. The first-order valence-corrected chi connectivity index (χ1v) is 8.87. The van der Waals surface area contributed by atoms with Crippen LogP contribution in [0.15, 0.2) is 39.8 Å². The van der Waals surface area contributed by atoms with E-state index in [0.717, 1.165) is 16.5 Å². The lowest BCUT2D eigenvalue weighted by atomic mass is 10.0. The molecule has 0 N–H and O–H groups in total. The van der Waals surface area contributed by atoms with Crippen molar-refractivity contribution < 1.29 is 9.32 Å². The summed E-state index contributed by atoms with van der Waals surface area (Å²) in [5.74, 6) is 1.27. The summed E-state index contributed by atoms with van der Waals surface area (Å²) in [5.41, 5.74) is 1.98. The number of aromatic nitrogens is 1. The summed E-state index contributed by atoms with van der Waals surface area (Å²) in [4.78, 5) is 19.6. The number of carbonyl (C=O) groups excluding carboxylic acids is 1. The molecule has 1 fully saturated rings. The number of hydrogen-bond acceptors (Lipinski definition) is 5. The van der Waals surface area contributed by atoms with Crippen LogP contribution in [0.5, 0.6) is 0 Å². The predicted octanol–water partition coefficient (Wildman–Crippen LogP) is 3.82. The van der Waals surface area contributed by atoms with Crippen molar-refractivity contribution in [3.8, 4) is 0 Å². The first kappa shape index (κ1) is 16.8. The molecule has 1 aliphatic heterocycles. The summed E-state index contributed by atoms with van der Waals surface area (Å²) in [5, 5.41) is 4.66. The molecule has 1 aromatic carbocycles. The second-order valence-corrected chi connectivity index (χ2v) is 7.47. The Kier molecular flexibility index (Phi) is 4.49. The topological polar surface area (TPSA) is 58.7 Å². The number of aryl methyl sites for hydroxylation is 2. The second kappa shape index (κ2) is 6.43. The van der Waals surface area contributed by atoms with Gasteiger partial charge in [0.25, 0.3) is 5.91 Å². The van der Waals surface area contributed by atoms with E-state index in [0.29, 0.717) is 23.6 Å². The van der Waals surface area contributed by atoms with Crippen LogP contribution in [-0.2, 0) is 6.54 Å². The van der Waals surface area contributed by atoms with Gasteiger partial charge in [-0.15, -0.1) is 0 Å². The lowest BCUT2D eigenvalue weighted by molar-refractivity contribution is 0.0764. The van der Waals surface area contributed by atoms with Crippen LogP contribution < -0.4 is 0 Å². The highest BCUT2D eigenvalue weighted by atomic mass is 32.2. The van der Waals surface area contributed by atoms with Gasteiger partial charge in [0, 0.05) is 5.75 Å². The molecule has 0 unspecified atom stereocenters. The van der Waals surface area contributed by atoms with Crippen molar-refractivity contribution in [1.82, 2.24) is 10.1 Å². The number of aliphatic imine (C=N–C) groups is 1. The summed E-state index contributed by atoms with van der Waals surface area (Å²) in [6.07, 6.45) is 0. The Morgan fingerprint density at radius 1 is 1.33 bits per heavy atom. The van der Waals surface area contributed by atoms with Gasteiger partial charge < -0.3 is 4.52 Å². The third kappa shape index (κ3) is 3.11. The van der Waals surface area contributed by atoms with E-state index >= 15 is 0 Å². The Morgan fingerprint density at radius 3 is 2.67 bits per heavy atom. The molecule has 1 aromatic heterocycles. The van der Waals surface area contributed by atoms with E-state index in [-0.39, 0.29) is 11.4 Å². The lowest BCUT2D eigenvalue weighted by Gasteiger charge is -2.30. The average molecular weight is 343 g/mol. The zero-order chi connectivity index (χ0) is 17.3. The fourth-order valence-electron chi connectivity index (χ4n) is 2.75. The van der Waals surface area contributed by atoms with Crippen LogP contribution in [0, 0.1) is 13.8 Å². The molecule has 1 aliphatic rings. The third-order valence-corrected chi connectivity index (χ3v) is 5.46. The Labute approximate surface area is 146 Å². The summed E-state index contributed by atoms with van der Waals surface area (Å²) in [6.45, 7) is 8.23. The molecular weight excluding hydrogens is 322 g/mol. The third-order valence-electron chi connectivity index (χ3n) is 4.04. The monoisotopic (exact) mass is 343 g/mol. The molecule has 0 atom stereocenters. The van der Waals surface area contributed by atoms with Gasteiger partial charge >= 0.3 is 0 Å². The summed E-state index contributed by atoms with van der Waals surface area (Å²) in [6, 6.07) is 10.0. The van der Waals surface area contributed by atoms with Gasteiger partial charge in [0.05, 0.1) is 17.8 Å². The minimum atomic E-state index is -0.298. The highest BCUT2D eigenvalue weighted by Gasteiger charge is 2.43. The van der Waals surface area contributed by atoms with E-state index in [2.05, 4.69) is 19.0 Å². The number of benzene rings is 1. The molecule has 0 radical (unpaired) electrons. The van der Waals surface area contributed by atoms with Crippen molar-refractivity contribution >= 4 is 22.8 Å². The smallest absolute Gasteiger partial charge is 0.265 e. The molecule has 0 saturated carbocycles. The average Bonchev–Trinajstić information content (AvgIpc) is 3.04. The van der Waals surface area contributed by atoms with Gasteiger partial charge in [0.2, 0.25) is 0 Å². The Hall–Kier alpha value is -2.08. The van der Waals surface area contributed by atoms with E-state index in [9.17, 15) is 4.79 Å². The van der Waals surface area contributed by atoms with Crippen LogP contribution in [0.2, 0.25) is 0 Å².